The fourth-order valence-electron chi connectivity index (χ4n) is 4.59. The van der Waals surface area contributed by atoms with Gasteiger partial charge in [-0.1, -0.05) is 36.4 Å². The number of hydrogen-bond acceptors (Lipinski definition) is 4. The van der Waals surface area contributed by atoms with E-state index in [0.717, 1.165) is 17.7 Å². The molecule has 0 aliphatic carbocycles. The smallest absolute Gasteiger partial charge is 0.261 e. The molecule has 6 nitrogen and oxygen atoms in total. The van der Waals surface area contributed by atoms with E-state index in [4.69, 9.17) is 4.74 Å². The summed E-state index contributed by atoms with van der Waals surface area (Å²) in [6.45, 7) is 1.58. The standard InChI is InChI=1S/C27H24N2O4/c1-33-22-12-10-19(11-13-22)21-14-15-28(17-21)25(30)20-8-6-18(7-9-20)16-29-26(31)23-4-2-3-5-24(23)27(29)32/h2-13,21H,14-17H2,1H3. The van der Waals surface area contributed by atoms with Gasteiger partial charge in [0, 0.05) is 24.6 Å². The van der Waals surface area contributed by atoms with Crippen molar-refractivity contribution in [2.75, 3.05) is 20.2 Å². The molecule has 1 fully saturated rings. The number of benzene rings is 3. The summed E-state index contributed by atoms with van der Waals surface area (Å²) in [7, 11) is 1.65. The Hall–Kier alpha value is -3.93. The van der Waals surface area contributed by atoms with Crippen LogP contribution in [0.25, 0.3) is 0 Å². The highest BCUT2D eigenvalue weighted by Crippen LogP contribution is 2.30. The van der Waals surface area contributed by atoms with Gasteiger partial charge in [0.25, 0.3) is 17.7 Å². The summed E-state index contributed by atoms with van der Waals surface area (Å²) in [4.78, 5) is 41.3. The van der Waals surface area contributed by atoms with Gasteiger partial charge in [0.1, 0.15) is 5.75 Å². The summed E-state index contributed by atoms with van der Waals surface area (Å²) < 4.78 is 5.22. The van der Waals surface area contributed by atoms with Crippen molar-refractivity contribution in [3.05, 3.63) is 101 Å². The number of imide groups is 1. The number of methoxy groups -OCH3 is 1. The lowest BCUT2D eigenvalue weighted by Crippen LogP contribution is -2.29. The molecule has 1 unspecified atom stereocenters. The van der Waals surface area contributed by atoms with E-state index in [1.807, 2.05) is 29.2 Å². The number of ether oxygens (including phenoxy) is 1. The zero-order chi connectivity index (χ0) is 22.9. The topological polar surface area (TPSA) is 66.9 Å². The van der Waals surface area contributed by atoms with E-state index in [2.05, 4.69) is 12.1 Å². The van der Waals surface area contributed by atoms with Gasteiger partial charge in [-0.05, 0) is 53.9 Å². The molecule has 1 saturated heterocycles. The minimum Gasteiger partial charge on any atom is -0.497 e. The monoisotopic (exact) mass is 440 g/mol. The van der Waals surface area contributed by atoms with E-state index < -0.39 is 0 Å². The van der Waals surface area contributed by atoms with Gasteiger partial charge < -0.3 is 9.64 Å². The molecule has 33 heavy (non-hydrogen) atoms. The van der Waals surface area contributed by atoms with Crippen LogP contribution in [0.3, 0.4) is 0 Å². The van der Waals surface area contributed by atoms with Crippen LogP contribution in [0.1, 0.15) is 54.5 Å². The third kappa shape index (κ3) is 3.89. The average Bonchev–Trinajstić information content (AvgIpc) is 3.44. The van der Waals surface area contributed by atoms with Crippen LogP contribution in [0.4, 0.5) is 0 Å². The Morgan fingerprint density at radius 3 is 2.15 bits per heavy atom. The van der Waals surface area contributed by atoms with Crippen LogP contribution >= 0.6 is 0 Å². The van der Waals surface area contributed by atoms with Crippen LogP contribution in [0, 0.1) is 0 Å². The fourth-order valence-corrected chi connectivity index (χ4v) is 4.59. The molecule has 6 heteroatoms. The zero-order valence-electron chi connectivity index (χ0n) is 18.4. The molecular formula is C27H24N2O4. The molecule has 1 atom stereocenters. The van der Waals surface area contributed by atoms with Gasteiger partial charge in [-0.15, -0.1) is 0 Å². The number of hydrogen-bond donors (Lipinski definition) is 0. The Labute approximate surface area is 192 Å². The Morgan fingerprint density at radius 1 is 0.909 bits per heavy atom. The highest BCUT2D eigenvalue weighted by atomic mass is 16.5. The Morgan fingerprint density at radius 2 is 1.55 bits per heavy atom. The Balaban J connectivity index is 1.23. The molecule has 2 heterocycles. The van der Waals surface area contributed by atoms with E-state index in [-0.39, 0.29) is 24.3 Å². The highest BCUT2D eigenvalue weighted by Gasteiger charge is 2.35. The van der Waals surface area contributed by atoms with E-state index in [0.29, 0.717) is 35.7 Å². The van der Waals surface area contributed by atoms with E-state index >= 15 is 0 Å². The van der Waals surface area contributed by atoms with Crippen LogP contribution in [0.2, 0.25) is 0 Å². The summed E-state index contributed by atoms with van der Waals surface area (Å²) >= 11 is 0. The van der Waals surface area contributed by atoms with Gasteiger partial charge >= 0.3 is 0 Å². The molecule has 3 aromatic carbocycles. The number of likely N-dealkylation sites (tertiary alicyclic amines) is 1. The number of carbonyl (C=O) groups is 3. The van der Waals surface area contributed by atoms with Crippen molar-refractivity contribution in [1.29, 1.82) is 0 Å². The SMILES string of the molecule is COc1ccc(C2CCN(C(=O)c3ccc(CN4C(=O)c5ccccc5C4=O)cc3)C2)cc1. The zero-order valence-corrected chi connectivity index (χ0v) is 18.4. The van der Waals surface area contributed by atoms with Crippen molar-refractivity contribution in [1.82, 2.24) is 9.80 Å². The van der Waals surface area contributed by atoms with Gasteiger partial charge in [0.05, 0.1) is 24.8 Å². The van der Waals surface area contributed by atoms with Crippen LogP contribution in [0.15, 0.2) is 72.8 Å². The van der Waals surface area contributed by atoms with Gasteiger partial charge in [-0.3, -0.25) is 19.3 Å². The third-order valence-corrected chi connectivity index (χ3v) is 6.48. The number of amides is 3. The lowest BCUT2D eigenvalue weighted by atomic mass is 9.98. The summed E-state index contributed by atoms with van der Waals surface area (Å²) in [5.74, 6) is 0.576. The first-order valence-corrected chi connectivity index (χ1v) is 11.0. The number of carbonyl (C=O) groups excluding carboxylic acids is 3. The normalized spacial score (nSPS) is 17.4. The first-order chi connectivity index (χ1) is 16.0. The predicted molar refractivity (Wildman–Crippen MR) is 123 cm³/mol. The van der Waals surface area contributed by atoms with Crippen LogP contribution in [0.5, 0.6) is 5.75 Å². The molecule has 166 valence electrons. The molecule has 0 bridgehead atoms. The lowest BCUT2D eigenvalue weighted by Gasteiger charge is -2.18. The molecule has 0 aromatic heterocycles. The molecule has 0 N–H and O–H groups in total. The fraction of sp³-hybridized carbons (Fsp3) is 0.222. The van der Waals surface area contributed by atoms with Gasteiger partial charge in [0.2, 0.25) is 0 Å². The van der Waals surface area contributed by atoms with Gasteiger partial charge in [0.15, 0.2) is 0 Å². The molecule has 2 aliphatic heterocycles. The number of rotatable bonds is 5. The van der Waals surface area contributed by atoms with Crippen molar-refractivity contribution in [3.63, 3.8) is 0 Å². The summed E-state index contributed by atoms with van der Waals surface area (Å²) in [5.41, 5.74) is 3.50. The largest absolute Gasteiger partial charge is 0.497 e. The maximum Gasteiger partial charge on any atom is 0.261 e. The van der Waals surface area contributed by atoms with Crippen molar-refractivity contribution >= 4 is 17.7 Å². The predicted octanol–water partition coefficient (Wildman–Crippen LogP) is 4.12. The minimum atomic E-state index is -0.280. The second-order valence-corrected chi connectivity index (χ2v) is 8.45. The maximum atomic E-state index is 13.0. The summed E-state index contributed by atoms with van der Waals surface area (Å²) in [6.07, 6.45) is 0.926. The average molecular weight is 440 g/mol. The summed E-state index contributed by atoms with van der Waals surface area (Å²) in [6, 6.07) is 22.1. The molecule has 0 saturated carbocycles. The van der Waals surface area contributed by atoms with Crippen molar-refractivity contribution in [2.45, 2.75) is 18.9 Å². The van der Waals surface area contributed by atoms with E-state index in [1.54, 1.807) is 43.5 Å². The molecular weight excluding hydrogens is 416 g/mol. The van der Waals surface area contributed by atoms with Crippen molar-refractivity contribution in [2.24, 2.45) is 0 Å². The molecule has 3 amide bonds. The Kier molecular flexibility index (Phi) is 5.42. The van der Waals surface area contributed by atoms with Crippen LogP contribution < -0.4 is 4.74 Å². The van der Waals surface area contributed by atoms with Crippen LogP contribution in [-0.4, -0.2) is 47.7 Å². The number of nitrogens with zero attached hydrogens (tertiary/aromatic N) is 2. The highest BCUT2D eigenvalue weighted by molar-refractivity contribution is 6.21. The van der Waals surface area contributed by atoms with Crippen molar-refractivity contribution < 1.29 is 19.1 Å². The Bertz CT molecular complexity index is 1180. The number of fused-ring (bicyclic) bond motifs is 1. The van der Waals surface area contributed by atoms with E-state index in [9.17, 15) is 14.4 Å². The van der Waals surface area contributed by atoms with Gasteiger partial charge in [-0.25, -0.2) is 0 Å². The molecule has 0 spiro atoms. The third-order valence-electron chi connectivity index (χ3n) is 6.48. The second-order valence-electron chi connectivity index (χ2n) is 8.45. The first kappa shape index (κ1) is 20.9. The van der Waals surface area contributed by atoms with Gasteiger partial charge in [-0.2, -0.15) is 0 Å². The first-order valence-electron chi connectivity index (χ1n) is 11.0. The quantitative estimate of drug-likeness (QED) is 0.560. The molecule has 5 rings (SSSR count). The molecule has 3 aromatic rings. The van der Waals surface area contributed by atoms with E-state index in [1.165, 1.54) is 10.5 Å². The maximum absolute atomic E-state index is 13.0. The second kappa shape index (κ2) is 8.54. The molecule has 0 radical (unpaired) electrons. The van der Waals surface area contributed by atoms with Crippen molar-refractivity contribution in [3.8, 4) is 5.75 Å². The lowest BCUT2D eigenvalue weighted by molar-refractivity contribution is 0.0641. The molecule has 2 aliphatic rings. The summed E-state index contributed by atoms with van der Waals surface area (Å²) in [5, 5.41) is 0. The minimum absolute atomic E-state index is 0.00158. The van der Waals surface area contributed by atoms with Crippen LogP contribution in [-0.2, 0) is 6.54 Å².